The van der Waals surface area contributed by atoms with Gasteiger partial charge >= 0.3 is 0 Å². The van der Waals surface area contributed by atoms with Crippen molar-refractivity contribution in [1.82, 2.24) is 0 Å². The average molecular weight is 240 g/mol. The summed E-state index contributed by atoms with van der Waals surface area (Å²) in [6.07, 6.45) is 5.02. The second kappa shape index (κ2) is 6.25. The fraction of sp³-hybridized carbons (Fsp3) is 0.294. The first-order valence-electron chi connectivity index (χ1n) is 6.68. The minimum atomic E-state index is 0.315. The van der Waals surface area contributed by atoms with Gasteiger partial charge in [-0.05, 0) is 41.7 Å². The summed E-state index contributed by atoms with van der Waals surface area (Å²) >= 11 is 0. The number of phenolic OH excluding ortho intramolecular Hbond substituents is 1. The summed E-state index contributed by atoms with van der Waals surface area (Å²) in [5.41, 5.74) is 3.76. The van der Waals surface area contributed by atoms with Crippen LogP contribution >= 0.6 is 0 Å². The Balaban J connectivity index is 2.05. The van der Waals surface area contributed by atoms with Gasteiger partial charge in [0.15, 0.2) is 0 Å². The number of rotatable bonds is 5. The molecule has 0 unspecified atom stereocenters. The van der Waals surface area contributed by atoms with E-state index in [1.54, 1.807) is 12.1 Å². The Morgan fingerprint density at radius 3 is 1.89 bits per heavy atom. The number of unbranched alkanes of at least 4 members (excludes halogenated alkanes) is 2. The number of phenols is 1. The zero-order valence-corrected chi connectivity index (χ0v) is 10.9. The van der Waals surface area contributed by atoms with Crippen LogP contribution in [0, 0.1) is 0 Å². The monoisotopic (exact) mass is 240 g/mol. The van der Waals surface area contributed by atoms with Gasteiger partial charge in [-0.15, -0.1) is 0 Å². The summed E-state index contributed by atoms with van der Waals surface area (Å²) in [7, 11) is 0. The molecule has 0 saturated heterocycles. The van der Waals surface area contributed by atoms with Crippen LogP contribution in [0.15, 0.2) is 48.5 Å². The molecule has 0 aromatic heterocycles. The van der Waals surface area contributed by atoms with Crippen LogP contribution in [-0.4, -0.2) is 5.11 Å². The molecule has 2 aromatic carbocycles. The molecular weight excluding hydrogens is 220 g/mol. The van der Waals surface area contributed by atoms with Gasteiger partial charge in [0.05, 0.1) is 0 Å². The molecule has 0 amide bonds. The molecule has 0 heterocycles. The van der Waals surface area contributed by atoms with Crippen molar-refractivity contribution in [3.8, 4) is 16.9 Å². The van der Waals surface area contributed by atoms with Gasteiger partial charge in [-0.1, -0.05) is 56.2 Å². The second-order valence-electron chi connectivity index (χ2n) is 4.70. The molecule has 0 spiro atoms. The maximum Gasteiger partial charge on any atom is 0.115 e. The van der Waals surface area contributed by atoms with Crippen LogP contribution in [0.5, 0.6) is 5.75 Å². The van der Waals surface area contributed by atoms with Gasteiger partial charge in [0.25, 0.3) is 0 Å². The molecule has 0 aliphatic carbocycles. The highest BCUT2D eigenvalue weighted by Crippen LogP contribution is 2.22. The summed E-state index contributed by atoms with van der Waals surface area (Å²) in [4.78, 5) is 0. The summed E-state index contributed by atoms with van der Waals surface area (Å²) in [5.74, 6) is 0.315. The van der Waals surface area contributed by atoms with E-state index in [9.17, 15) is 5.11 Å². The number of aryl methyl sites for hydroxylation is 1. The Hall–Kier alpha value is -1.76. The lowest BCUT2D eigenvalue weighted by Crippen LogP contribution is -1.85. The first-order valence-corrected chi connectivity index (χ1v) is 6.68. The Kier molecular flexibility index (Phi) is 4.40. The maximum atomic E-state index is 9.27. The van der Waals surface area contributed by atoms with Crippen LogP contribution in [0.1, 0.15) is 31.7 Å². The van der Waals surface area contributed by atoms with Crippen molar-refractivity contribution in [2.24, 2.45) is 0 Å². The van der Waals surface area contributed by atoms with E-state index >= 15 is 0 Å². The standard InChI is InChI=1S/C17H20O/c1-2-3-4-5-14-6-8-15(9-7-14)16-10-12-17(18)13-11-16/h6-13,18H,2-5H2,1H3. The quantitative estimate of drug-likeness (QED) is 0.745. The van der Waals surface area contributed by atoms with E-state index in [4.69, 9.17) is 0 Å². The summed E-state index contributed by atoms with van der Waals surface area (Å²) in [6.45, 7) is 2.23. The van der Waals surface area contributed by atoms with Crippen molar-refractivity contribution < 1.29 is 5.11 Å². The number of benzene rings is 2. The number of hydrogen-bond donors (Lipinski definition) is 1. The van der Waals surface area contributed by atoms with Crippen LogP contribution in [0.4, 0.5) is 0 Å². The second-order valence-corrected chi connectivity index (χ2v) is 4.70. The molecule has 0 fully saturated rings. The third kappa shape index (κ3) is 3.36. The SMILES string of the molecule is CCCCCc1ccc(-c2ccc(O)cc2)cc1. The fourth-order valence-electron chi connectivity index (χ4n) is 2.10. The number of hydrogen-bond acceptors (Lipinski definition) is 1. The van der Waals surface area contributed by atoms with Crippen LogP contribution in [0.2, 0.25) is 0 Å². The highest BCUT2D eigenvalue weighted by Gasteiger charge is 1.98. The van der Waals surface area contributed by atoms with Crippen molar-refractivity contribution in [1.29, 1.82) is 0 Å². The molecule has 0 aliphatic heterocycles. The van der Waals surface area contributed by atoms with Crippen LogP contribution in [-0.2, 0) is 6.42 Å². The zero-order valence-electron chi connectivity index (χ0n) is 10.9. The highest BCUT2D eigenvalue weighted by atomic mass is 16.3. The fourth-order valence-corrected chi connectivity index (χ4v) is 2.10. The molecule has 1 heteroatoms. The topological polar surface area (TPSA) is 20.2 Å². The van der Waals surface area contributed by atoms with E-state index in [1.165, 1.54) is 36.8 Å². The average Bonchev–Trinajstić information content (AvgIpc) is 2.41. The summed E-state index contributed by atoms with van der Waals surface area (Å²) in [6, 6.07) is 16.1. The first kappa shape index (κ1) is 12.7. The largest absolute Gasteiger partial charge is 0.508 e. The molecule has 94 valence electrons. The van der Waals surface area contributed by atoms with E-state index in [0.29, 0.717) is 5.75 Å². The summed E-state index contributed by atoms with van der Waals surface area (Å²) < 4.78 is 0. The zero-order chi connectivity index (χ0) is 12.8. The molecular formula is C17H20O. The van der Waals surface area contributed by atoms with E-state index in [-0.39, 0.29) is 0 Å². The Morgan fingerprint density at radius 1 is 0.778 bits per heavy atom. The third-order valence-corrected chi connectivity index (χ3v) is 3.22. The van der Waals surface area contributed by atoms with Gasteiger partial charge in [0.1, 0.15) is 5.75 Å². The molecule has 1 nitrogen and oxygen atoms in total. The minimum absolute atomic E-state index is 0.315. The summed E-state index contributed by atoms with van der Waals surface area (Å²) in [5, 5.41) is 9.27. The molecule has 0 radical (unpaired) electrons. The third-order valence-electron chi connectivity index (χ3n) is 3.22. The van der Waals surface area contributed by atoms with Crippen molar-refractivity contribution in [2.75, 3.05) is 0 Å². The molecule has 2 aromatic rings. The molecule has 1 N–H and O–H groups in total. The molecule has 0 aliphatic rings. The van der Waals surface area contributed by atoms with Crippen molar-refractivity contribution in [2.45, 2.75) is 32.6 Å². The van der Waals surface area contributed by atoms with Gasteiger partial charge in [-0.2, -0.15) is 0 Å². The van der Waals surface area contributed by atoms with Crippen molar-refractivity contribution in [3.63, 3.8) is 0 Å². The Bertz CT molecular complexity index is 468. The van der Waals surface area contributed by atoms with Crippen molar-refractivity contribution in [3.05, 3.63) is 54.1 Å². The van der Waals surface area contributed by atoms with Crippen molar-refractivity contribution >= 4 is 0 Å². The molecule has 0 saturated carbocycles. The van der Waals surface area contributed by atoms with Crippen LogP contribution in [0.3, 0.4) is 0 Å². The first-order chi connectivity index (χ1) is 8.79. The van der Waals surface area contributed by atoms with Gasteiger partial charge in [0.2, 0.25) is 0 Å². The normalized spacial score (nSPS) is 10.5. The maximum absolute atomic E-state index is 9.27. The van der Waals surface area contributed by atoms with Gasteiger partial charge in [-0.25, -0.2) is 0 Å². The van der Waals surface area contributed by atoms with E-state index in [2.05, 4.69) is 31.2 Å². The lowest BCUT2D eigenvalue weighted by Gasteiger charge is -2.04. The Morgan fingerprint density at radius 2 is 1.33 bits per heavy atom. The van der Waals surface area contributed by atoms with Crippen LogP contribution < -0.4 is 0 Å². The smallest absolute Gasteiger partial charge is 0.115 e. The lowest BCUT2D eigenvalue weighted by atomic mass is 10.0. The van der Waals surface area contributed by atoms with Gasteiger partial charge in [0, 0.05) is 0 Å². The van der Waals surface area contributed by atoms with Gasteiger partial charge < -0.3 is 5.11 Å². The molecule has 18 heavy (non-hydrogen) atoms. The van der Waals surface area contributed by atoms with Gasteiger partial charge in [-0.3, -0.25) is 0 Å². The Labute approximate surface area is 109 Å². The molecule has 0 bridgehead atoms. The molecule has 0 atom stereocenters. The predicted octanol–water partition coefficient (Wildman–Crippen LogP) is 4.79. The minimum Gasteiger partial charge on any atom is -0.508 e. The van der Waals surface area contributed by atoms with E-state index < -0.39 is 0 Å². The van der Waals surface area contributed by atoms with Crippen LogP contribution in [0.25, 0.3) is 11.1 Å². The highest BCUT2D eigenvalue weighted by molar-refractivity contribution is 5.64. The predicted molar refractivity (Wildman–Crippen MR) is 76.8 cm³/mol. The lowest BCUT2D eigenvalue weighted by molar-refractivity contribution is 0.475. The van der Waals surface area contributed by atoms with E-state index in [0.717, 1.165) is 5.56 Å². The molecule has 2 rings (SSSR count). The number of aromatic hydroxyl groups is 1. The van der Waals surface area contributed by atoms with E-state index in [1.807, 2.05) is 12.1 Å².